The lowest BCUT2D eigenvalue weighted by Crippen LogP contribution is -2.17. The summed E-state index contributed by atoms with van der Waals surface area (Å²) in [6.45, 7) is 1.06. The Balaban J connectivity index is 2.04. The lowest BCUT2D eigenvalue weighted by Gasteiger charge is -2.09. The molecule has 1 N–H and O–H groups in total. The second-order valence-electron chi connectivity index (χ2n) is 3.13. The van der Waals surface area contributed by atoms with E-state index in [9.17, 15) is 4.39 Å². The second kappa shape index (κ2) is 4.11. The van der Waals surface area contributed by atoms with Crippen molar-refractivity contribution in [3.8, 4) is 0 Å². The SMILES string of the molecule is Fc1ccccc1SC1CCCN1. The van der Waals surface area contributed by atoms with Crippen molar-refractivity contribution in [2.75, 3.05) is 6.54 Å². The van der Waals surface area contributed by atoms with E-state index >= 15 is 0 Å². The molecule has 1 fully saturated rings. The van der Waals surface area contributed by atoms with E-state index < -0.39 is 0 Å². The fourth-order valence-corrected chi connectivity index (χ4v) is 2.58. The molecule has 1 aromatic rings. The Hall–Kier alpha value is -0.540. The first-order valence-corrected chi connectivity index (χ1v) is 5.39. The maximum absolute atomic E-state index is 13.2. The minimum absolute atomic E-state index is 0.110. The van der Waals surface area contributed by atoms with Gasteiger partial charge in [0.15, 0.2) is 0 Å². The van der Waals surface area contributed by atoms with Gasteiger partial charge in [0.2, 0.25) is 0 Å². The summed E-state index contributed by atoms with van der Waals surface area (Å²) in [6.07, 6.45) is 2.34. The van der Waals surface area contributed by atoms with Gasteiger partial charge >= 0.3 is 0 Å². The molecule has 0 radical (unpaired) electrons. The molecule has 1 nitrogen and oxygen atoms in total. The number of hydrogen-bond donors (Lipinski definition) is 1. The van der Waals surface area contributed by atoms with Gasteiger partial charge in [-0.3, -0.25) is 0 Å². The smallest absolute Gasteiger partial charge is 0.136 e. The van der Waals surface area contributed by atoms with E-state index in [0.717, 1.165) is 17.9 Å². The number of halogens is 1. The van der Waals surface area contributed by atoms with Crippen molar-refractivity contribution in [1.29, 1.82) is 0 Å². The van der Waals surface area contributed by atoms with Gasteiger partial charge in [0.05, 0.1) is 5.37 Å². The zero-order valence-electron chi connectivity index (χ0n) is 7.29. The molecule has 0 amide bonds. The number of hydrogen-bond acceptors (Lipinski definition) is 2. The van der Waals surface area contributed by atoms with Crippen LogP contribution in [-0.2, 0) is 0 Å². The van der Waals surface area contributed by atoms with Crippen LogP contribution in [0.15, 0.2) is 29.2 Å². The molecular weight excluding hydrogens is 185 g/mol. The van der Waals surface area contributed by atoms with Crippen LogP contribution in [0.2, 0.25) is 0 Å². The van der Waals surface area contributed by atoms with Gasteiger partial charge in [-0.15, -0.1) is 11.8 Å². The molecule has 1 heterocycles. The number of thioether (sulfide) groups is 1. The molecule has 3 heteroatoms. The second-order valence-corrected chi connectivity index (χ2v) is 4.38. The average molecular weight is 197 g/mol. The summed E-state index contributed by atoms with van der Waals surface area (Å²) in [5.41, 5.74) is 0. The van der Waals surface area contributed by atoms with E-state index in [0.29, 0.717) is 5.37 Å². The summed E-state index contributed by atoms with van der Waals surface area (Å²) in [5, 5.41) is 3.73. The molecule has 0 aliphatic carbocycles. The molecule has 70 valence electrons. The quantitative estimate of drug-likeness (QED) is 0.782. The number of benzene rings is 1. The molecule has 0 saturated carbocycles. The molecule has 2 rings (SSSR count). The molecule has 0 aromatic heterocycles. The summed E-state index contributed by atoms with van der Waals surface area (Å²) < 4.78 is 13.2. The molecular formula is C10H12FNS. The van der Waals surface area contributed by atoms with E-state index in [1.165, 1.54) is 12.5 Å². The van der Waals surface area contributed by atoms with E-state index in [-0.39, 0.29) is 5.82 Å². The summed E-state index contributed by atoms with van der Waals surface area (Å²) in [4.78, 5) is 0.752. The normalized spacial score (nSPS) is 22.1. The van der Waals surface area contributed by atoms with Gasteiger partial charge < -0.3 is 5.32 Å². The van der Waals surface area contributed by atoms with Crippen molar-refractivity contribution in [3.63, 3.8) is 0 Å². The highest BCUT2D eigenvalue weighted by atomic mass is 32.2. The third kappa shape index (κ3) is 2.23. The van der Waals surface area contributed by atoms with Gasteiger partial charge in [-0.25, -0.2) is 4.39 Å². The topological polar surface area (TPSA) is 12.0 Å². The first-order valence-electron chi connectivity index (χ1n) is 4.51. The number of rotatable bonds is 2. The van der Waals surface area contributed by atoms with Crippen LogP contribution in [0.5, 0.6) is 0 Å². The zero-order chi connectivity index (χ0) is 9.10. The van der Waals surface area contributed by atoms with Crippen molar-refractivity contribution in [1.82, 2.24) is 5.32 Å². The summed E-state index contributed by atoms with van der Waals surface area (Å²) in [6, 6.07) is 6.94. The first kappa shape index (κ1) is 9.03. The van der Waals surface area contributed by atoms with E-state index in [1.807, 2.05) is 12.1 Å². The Morgan fingerprint density at radius 3 is 2.92 bits per heavy atom. The maximum atomic E-state index is 13.2. The van der Waals surface area contributed by atoms with Crippen LogP contribution < -0.4 is 5.32 Å². The molecule has 0 bridgehead atoms. The fourth-order valence-electron chi connectivity index (χ4n) is 1.45. The van der Waals surface area contributed by atoms with E-state index in [1.54, 1.807) is 17.8 Å². The summed E-state index contributed by atoms with van der Waals surface area (Å²) in [7, 11) is 0. The van der Waals surface area contributed by atoms with Crippen LogP contribution in [0, 0.1) is 5.82 Å². The Morgan fingerprint density at radius 1 is 1.38 bits per heavy atom. The molecule has 1 aromatic carbocycles. The van der Waals surface area contributed by atoms with Crippen molar-refractivity contribution >= 4 is 11.8 Å². The van der Waals surface area contributed by atoms with Gasteiger partial charge in [0.1, 0.15) is 5.82 Å². The molecule has 1 aliphatic rings. The number of nitrogens with one attached hydrogen (secondary N) is 1. The van der Waals surface area contributed by atoms with Crippen LogP contribution in [0.4, 0.5) is 4.39 Å². The molecule has 1 aliphatic heterocycles. The first-order chi connectivity index (χ1) is 6.36. The largest absolute Gasteiger partial charge is 0.305 e. The zero-order valence-corrected chi connectivity index (χ0v) is 8.11. The van der Waals surface area contributed by atoms with E-state index in [4.69, 9.17) is 0 Å². The Bertz CT molecular complexity index is 284. The lowest BCUT2D eigenvalue weighted by atomic mass is 10.3. The third-order valence-corrected chi connectivity index (χ3v) is 3.39. The predicted molar refractivity (Wildman–Crippen MR) is 53.3 cm³/mol. The fraction of sp³-hybridized carbons (Fsp3) is 0.400. The van der Waals surface area contributed by atoms with Crippen molar-refractivity contribution < 1.29 is 4.39 Å². The van der Waals surface area contributed by atoms with Gasteiger partial charge in [0, 0.05) is 4.90 Å². The van der Waals surface area contributed by atoms with Gasteiger partial charge in [-0.05, 0) is 31.5 Å². The molecule has 0 spiro atoms. The third-order valence-electron chi connectivity index (χ3n) is 2.12. The highest BCUT2D eigenvalue weighted by molar-refractivity contribution is 7.99. The van der Waals surface area contributed by atoms with Gasteiger partial charge in [0.25, 0.3) is 0 Å². The predicted octanol–water partition coefficient (Wildman–Crippen LogP) is 2.63. The standard InChI is InChI=1S/C10H12FNS/c11-8-4-1-2-5-9(8)13-10-6-3-7-12-10/h1-2,4-5,10,12H,3,6-7H2. The van der Waals surface area contributed by atoms with Crippen molar-refractivity contribution in [3.05, 3.63) is 30.1 Å². The highest BCUT2D eigenvalue weighted by Gasteiger charge is 2.16. The monoisotopic (exact) mass is 197 g/mol. The van der Waals surface area contributed by atoms with Crippen LogP contribution in [0.25, 0.3) is 0 Å². The van der Waals surface area contributed by atoms with Crippen LogP contribution in [0.1, 0.15) is 12.8 Å². The highest BCUT2D eigenvalue weighted by Crippen LogP contribution is 2.28. The van der Waals surface area contributed by atoms with Crippen molar-refractivity contribution in [2.24, 2.45) is 0 Å². The summed E-state index contributed by atoms with van der Waals surface area (Å²) in [5.74, 6) is -0.110. The van der Waals surface area contributed by atoms with Crippen molar-refractivity contribution in [2.45, 2.75) is 23.1 Å². The van der Waals surface area contributed by atoms with Gasteiger partial charge in [-0.2, -0.15) is 0 Å². The minimum atomic E-state index is -0.110. The van der Waals surface area contributed by atoms with Gasteiger partial charge in [-0.1, -0.05) is 12.1 Å². The molecule has 1 atom stereocenters. The molecule has 13 heavy (non-hydrogen) atoms. The summed E-state index contributed by atoms with van der Waals surface area (Å²) >= 11 is 1.59. The minimum Gasteiger partial charge on any atom is -0.305 e. The average Bonchev–Trinajstić information content (AvgIpc) is 2.61. The lowest BCUT2D eigenvalue weighted by molar-refractivity contribution is 0.601. The van der Waals surface area contributed by atoms with E-state index in [2.05, 4.69) is 5.32 Å². The van der Waals surface area contributed by atoms with Crippen LogP contribution in [0.3, 0.4) is 0 Å². The van der Waals surface area contributed by atoms with Crippen LogP contribution >= 0.6 is 11.8 Å². The molecule has 1 unspecified atom stereocenters. The molecule has 1 saturated heterocycles. The Morgan fingerprint density at radius 2 is 2.23 bits per heavy atom. The Labute approximate surface area is 81.7 Å². The maximum Gasteiger partial charge on any atom is 0.136 e. The Kier molecular flexibility index (Phi) is 2.86. The van der Waals surface area contributed by atoms with Crippen LogP contribution in [-0.4, -0.2) is 11.9 Å².